The molecule has 0 atom stereocenters. The maximum Gasteiger partial charge on any atom is 0.241 e. The lowest BCUT2D eigenvalue weighted by atomic mass is 10.1. The van der Waals surface area contributed by atoms with Gasteiger partial charge in [0.05, 0.1) is 4.90 Å². The zero-order valence-corrected chi connectivity index (χ0v) is 18.9. The van der Waals surface area contributed by atoms with Crippen LogP contribution < -0.4 is 9.62 Å². The van der Waals surface area contributed by atoms with Crippen LogP contribution in [-0.2, 0) is 10.0 Å². The summed E-state index contributed by atoms with van der Waals surface area (Å²) in [6.45, 7) is 1.04. The molecule has 7 nitrogen and oxygen atoms in total. The van der Waals surface area contributed by atoms with Crippen molar-refractivity contribution in [1.82, 2.24) is 4.72 Å². The molecule has 8 heteroatoms. The summed E-state index contributed by atoms with van der Waals surface area (Å²) in [7, 11) is 0.367. The summed E-state index contributed by atoms with van der Waals surface area (Å²) < 4.78 is 28.5. The molecule has 0 unspecified atom stereocenters. The molecule has 2 rings (SSSR count). The lowest BCUT2D eigenvalue weighted by Gasteiger charge is -2.17. The van der Waals surface area contributed by atoms with E-state index in [1.165, 1.54) is 6.42 Å². The fourth-order valence-electron chi connectivity index (χ4n) is 3.59. The predicted molar refractivity (Wildman–Crippen MR) is 124 cm³/mol. The second kappa shape index (κ2) is 12.4. The lowest BCUT2D eigenvalue weighted by Crippen LogP contribution is -2.25. The molecular weight excluding hydrogens is 398 g/mol. The average Bonchev–Trinajstić information content (AvgIpc) is 2.73. The van der Waals surface area contributed by atoms with Gasteiger partial charge in [-0.15, -0.1) is 0 Å². The van der Waals surface area contributed by atoms with Crippen LogP contribution in [0, 0.1) is 0 Å². The zero-order valence-electron chi connectivity index (χ0n) is 18.0. The normalized spacial score (nSPS) is 11.4. The summed E-state index contributed by atoms with van der Waals surface area (Å²) in [6.07, 6.45) is 8.50. The van der Waals surface area contributed by atoms with E-state index in [1.807, 2.05) is 43.3 Å². The number of sulfonamides is 1. The number of anilines is 1. The monoisotopic (exact) mass is 431 g/mol. The first-order valence-corrected chi connectivity index (χ1v) is 12.2. The molecule has 0 aromatic heterocycles. The van der Waals surface area contributed by atoms with Crippen LogP contribution in [0.5, 0.6) is 0 Å². The van der Waals surface area contributed by atoms with Crippen molar-refractivity contribution in [2.45, 2.75) is 56.3 Å². The van der Waals surface area contributed by atoms with Gasteiger partial charge in [0.25, 0.3) is 0 Å². The zero-order chi connectivity index (χ0) is 21.8. The molecule has 0 aliphatic carbocycles. The molecule has 0 saturated heterocycles. The van der Waals surface area contributed by atoms with Crippen LogP contribution in [0.1, 0.15) is 51.4 Å². The van der Waals surface area contributed by atoms with Crippen LogP contribution in [0.4, 0.5) is 5.69 Å². The van der Waals surface area contributed by atoms with Crippen molar-refractivity contribution in [2.24, 2.45) is 5.11 Å². The molecule has 30 heavy (non-hydrogen) atoms. The Morgan fingerprint density at radius 1 is 0.900 bits per heavy atom. The number of hydrogen-bond donors (Lipinski definition) is 1. The van der Waals surface area contributed by atoms with Crippen LogP contribution in [0.2, 0.25) is 0 Å². The van der Waals surface area contributed by atoms with Crippen molar-refractivity contribution < 1.29 is 8.42 Å². The molecule has 0 aliphatic rings. The lowest BCUT2D eigenvalue weighted by molar-refractivity contribution is 0.556. The van der Waals surface area contributed by atoms with E-state index in [0.29, 0.717) is 18.0 Å². The summed E-state index contributed by atoms with van der Waals surface area (Å²) in [5.41, 5.74) is 9.22. The van der Waals surface area contributed by atoms with E-state index in [-0.39, 0.29) is 0 Å². The molecule has 164 valence electrons. The standard InChI is InChI=1S/C22H33N5O2S/c1-27(2)21-15-11-14-20-19(21)13-12-16-22(20)30(28,29)25-18-10-8-6-4-3-5-7-9-17-24-26-23/h11-16,25H,3-10,17-18H2,1-2H3. The van der Waals surface area contributed by atoms with E-state index < -0.39 is 10.0 Å². The summed E-state index contributed by atoms with van der Waals surface area (Å²) in [4.78, 5) is 5.08. The topological polar surface area (TPSA) is 98.2 Å². The summed E-state index contributed by atoms with van der Waals surface area (Å²) in [6, 6.07) is 11.2. The number of hydrogen-bond acceptors (Lipinski definition) is 4. The Balaban J connectivity index is 1.77. The smallest absolute Gasteiger partial charge is 0.241 e. The van der Waals surface area contributed by atoms with Gasteiger partial charge in [0, 0.05) is 48.6 Å². The third-order valence-electron chi connectivity index (χ3n) is 5.17. The molecule has 0 aliphatic heterocycles. The van der Waals surface area contributed by atoms with Crippen LogP contribution in [0.15, 0.2) is 46.4 Å². The minimum atomic E-state index is -3.54. The van der Waals surface area contributed by atoms with Gasteiger partial charge in [0.15, 0.2) is 0 Å². The molecule has 0 heterocycles. The van der Waals surface area contributed by atoms with Gasteiger partial charge in [-0.25, -0.2) is 13.1 Å². The Kier molecular flexibility index (Phi) is 9.94. The summed E-state index contributed by atoms with van der Waals surface area (Å²) >= 11 is 0. The highest BCUT2D eigenvalue weighted by Crippen LogP contribution is 2.30. The van der Waals surface area contributed by atoms with Crippen molar-refractivity contribution in [3.63, 3.8) is 0 Å². The number of fused-ring (bicyclic) bond motifs is 1. The highest BCUT2D eigenvalue weighted by molar-refractivity contribution is 7.89. The second-order valence-corrected chi connectivity index (χ2v) is 9.44. The minimum Gasteiger partial charge on any atom is -0.377 e. The van der Waals surface area contributed by atoms with Gasteiger partial charge in [-0.1, -0.05) is 67.9 Å². The molecule has 0 saturated carbocycles. The van der Waals surface area contributed by atoms with Crippen molar-refractivity contribution in [3.05, 3.63) is 46.8 Å². The van der Waals surface area contributed by atoms with Crippen LogP contribution >= 0.6 is 0 Å². The summed E-state index contributed by atoms with van der Waals surface area (Å²) in [5.74, 6) is 0. The molecule has 0 fully saturated rings. The van der Waals surface area contributed by atoms with Gasteiger partial charge in [-0.2, -0.15) is 0 Å². The highest BCUT2D eigenvalue weighted by atomic mass is 32.2. The first kappa shape index (κ1) is 24.0. The number of benzene rings is 2. The molecule has 1 N–H and O–H groups in total. The molecule has 0 amide bonds. The number of nitrogens with one attached hydrogen (secondary N) is 1. The van der Waals surface area contributed by atoms with Crippen LogP contribution in [0.3, 0.4) is 0 Å². The second-order valence-electron chi connectivity index (χ2n) is 7.70. The number of nitrogens with zero attached hydrogens (tertiary/aromatic N) is 4. The van der Waals surface area contributed by atoms with Gasteiger partial charge >= 0.3 is 0 Å². The van der Waals surface area contributed by atoms with Gasteiger partial charge in [0.1, 0.15) is 0 Å². The fourth-order valence-corrected chi connectivity index (χ4v) is 4.88. The highest BCUT2D eigenvalue weighted by Gasteiger charge is 2.17. The molecule has 0 spiro atoms. The van der Waals surface area contributed by atoms with E-state index in [4.69, 9.17) is 5.53 Å². The van der Waals surface area contributed by atoms with Gasteiger partial charge < -0.3 is 4.90 Å². The largest absolute Gasteiger partial charge is 0.377 e. The van der Waals surface area contributed by atoms with Crippen LogP contribution in [0.25, 0.3) is 21.2 Å². The van der Waals surface area contributed by atoms with Gasteiger partial charge in [0.2, 0.25) is 10.0 Å². The molecule has 0 bridgehead atoms. The minimum absolute atomic E-state index is 0.337. The van der Waals surface area contributed by atoms with E-state index in [9.17, 15) is 8.42 Å². The maximum atomic E-state index is 12.9. The average molecular weight is 432 g/mol. The molecule has 0 radical (unpaired) electrons. The fraction of sp³-hybridized carbons (Fsp3) is 0.545. The SMILES string of the molecule is CN(C)c1cccc2c(S(=O)(=O)NCCCCCCCCCCN=[N+]=[N-])cccc12. The molecular formula is C22H33N5O2S. The van der Waals surface area contributed by atoms with E-state index in [2.05, 4.69) is 14.7 Å². The summed E-state index contributed by atoms with van der Waals surface area (Å²) in [5, 5.41) is 5.21. The maximum absolute atomic E-state index is 12.9. The van der Waals surface area contributed by atoms with E-state index in [0.717, 1.165) is 61.4 Å². The third-order valence-corrected chi connectivity index (χ3v) is 6.69. The Bertz CT molecular complexity index is 953. The third kappa shape index (κ3) is 7.20. The van der Waals surface area contributed by atoms with Gasteiger partial charge in [-0.05, 0) is 30.5 Å². The van der Waals surface area contributed by atoms with Gasteiger partial charge in [-0.3, -0.25) is 0 Å². The molecule has 2 aromatic rings. The Labute approximate surface area is 180 Å². The first-order chi connectivity index (χ1) is 14.5. The van der Waals surface area contributed by atoms with E-state index in [1.54, 1.807) is 12.1 Å². The quantitative estimate of drug-likeness (QED) is 0.182. The van der Waals surface area contributed by atoms with Crippen LogP contribution in [-0.4, -0.2) is 35.6 Å². The Morgan fingerprint density at radius 2 is 1.50 bits per heavy atom. The number of azide groups is 1. The van der Waals surface area contributed by atoms with Crippen molar-refractivity contribution in [3.8, 4) is 0 Å². The predicted octanol–water partition coefficient (Wildman–Crippen LogP) is 5.62. The van der Waals surface area contributed by atoms with Crippen molar-refractivity contribution >= 4 is 26.5 Å². The van der Waals surface area contributed by atoms with Crippen molar-refractivity contribution in [1.29, 1.82) is 0 Å². The van der Waals surface area contributed by atoms with Crippen molar-refractivity contribution in [2.75, 3.05) is 32.1 Å². The number of unbranched alkanes of at least 4 members (excludes halogenated alkanes) is 7. The molecule has 2 aromatic carbocycles. The first-order valence-electron chi connectivity index (χ1n) is 10.7. The number of rotatable bonds is 14. The Morgan fingerprint density at radius 3 is 2.17 bits per heavy atom. The van der Waals surface area contributed by atoms with E-state index >= 15 is 0 Å². The Hall–Kier alpha value is -2.28.